The van der Waals surface area contributed by atoms with Crippen LogP contribution in [0, 0.1) is 0 Å². The summed E-state index contributed by atoms with van der Waals surface area (Å²) in [5.41, 5.74) is 1.64. The topological polar surface area (TPSA) is 58.6 Å². The van der Waals surface area contributed by atoms with Crippen LogP contribution in [-0.4, -0.2) is 36.2 Å². The van der Waals surface area contributed by atoms with Gasteiger partial charge in [0.05, 0.1) is 0 Å². The van der Waals surface area contributed by atoms with Crippen molar-refractivity contribution in [2.75, 3.05) is 7.05 Å². The minimum Gasteiger partial charge on any atom is -0.406 e. The van der Waals surface area contributed by atoms with Gasteiger partial charge in [0.2, 0.25) is 0 Å². The highest BCUT2D eigenvalue weighted by Gasteiger charge is 2.31. The Bertz CT molecular complexity index is 844. The van der Waals surface area contributed by atoms with E-state index in [1.54, 1.807) is 31.3 Å². The number of ether oxygens (including phenoxy) is 1. The van der Waals surface area contributed by atoms with Crippen LogP contribution in [0.2, 0.25) is 0 Å². The fourth-order valence-corrected chi connectivity index (χ4v) is 2.62. The molecule has 1 saturated carbocycles. The molecule has 1 fully saturated rings. The number of rotatable bonds is 6. The highest BCUT2D eigenvalue weighted by molar-refractivity contribution is 5.95. The number of benzene rings is 2. The highest BCUT2D eigenvalue weighted by atomic mass is 19.4. The van der Waals surface area contributed by atoms with E-state index in [1.165, 1.54) is 17.0 Å². The number of hydrogen-bond donors (Lipinski definition) is 1. The lowest BCUT2D eigenvalue weighted by molar-refractivity contribution is -0.274. The van der Waals surface area contributed by atoms with Crippen molar-refractivity contribution in [3.05, 3.63) is 65.2 Å². The van der Waals surface area contributed by atoms with Crippen molar-refractivity contribution in [2.45, 2.75) is 31.8 Å². The number of amides is 2. The van der Waals surface area contributed by atoms with Crippen LogP contribution in [0.3, 0.4) is 0 Å². The Morgan fingerprint density at radius 2 is 1.61 bits per heavy atom. The monoisotopic (exact) mass is 392 g/mol. The molecule has 0 aliphatic heterocycles. The van der Waals surface area contributed by atoms with E-state index < -0.39 is 6.36 Å². The number of carbonyl (C=O) groups is 2. The van der Waals surface area contributed by atoms with Gasteiger partial charge in [-0.3, -0.25) is 9.59 Å². The van der Waals surface area contributed by atoms with Crippen molar-refractivity contribution in [2.24, 2.45) is 0 Å². The van der Waals surface area contributed by atoms with Gasteiger partial charge in [0.1, 0.15) is 5.75 Å². The van der Waals surface area contributed by atoms with Crippen LogP contribution in [0.1, 0.15) is 39.1 Å². The number of halogens is 3. The van der Waals surface area contributed by atoms with Gasteiger partial charge in [-0.15, -0.1) is 13.2 Å². The summed E-state index contributed by atoms with van der Waals surface area (Å²) in [4.78, 5) is 25.9. The summed E-state index contributed by atoms with van der Waals surface area (Å²) in [6.45, 7) is 0.296. The average Bonchev–Trinajstić information content (AvgIpc) is 3.45. The Kier molecular flexibility index (Phi) is 5.58. The molecule has 0 spiro atoms. The minimum atomic E-state index is -4.77. The first kappa shape index (κ1) is 19.7. The van der Waals surface area contributed by atoms with E-state index in [0.29, 0.717) is 12.1 Å². The van der Waals surface area contributed by atoms with Gasteiger partial charge in [-0.2, -0.15) is 0 Å². The van der Waals surface area contributed by atoms with Gasteiger partial charge in [0.15, 0.2) is 0 Å². The lowest BCUT2D eigenvalue weighted by atomic mass is 10.1. The van der Waals surface area contributed by atoms with Crippen LogP contribution in [0.4, 0.5) is 13.2 Å². The Labute approximate surface area is 160 Å². The molecule has 0 bridgehead atoms. The van der Waals surface area contributed by atoms with Gasteiger partial charge in [-0.1, -0.05) is 12.1 Å². The van der Waals surface area contributed by atoms with E-state index in [9.17, 15) is 22.8 Å². The second-order valence-electron chi connectivity index (χ2n) is 6.68. The van der Waals surface area contributed by atoms with E-state index in [4.69, 9.17) is 0 Å². The summed E-state index contributed by atoms with van der Waals surface area (Å²) in [6.07, 6.45) is -2.75. The first-order valence-corrected chi connectivity index (χ1v) is 8.72. The van der Waals surface area contributed by atoms with Gasteiger partial charge in [0, 0.05) is 30.8 Å². The van der Waals surface area contributed by atoms with Gasteiger partial charge in [0.25, 0.3) is 11.8 Å². The molecule has 8 heteroatoms. The number of alkyl halides is 3. The maximum atomic E-state index is 12.4. The van der Waals surface area contributed by atoms with Crippen LogP contribution < -0.4 is 10.1 Å². The molecule has 1 aliphatic carbocycles. The standard InChI is InChI=1S/C20H19F3N2O3/c1-25(19(27)15-6-10-17(11-7-15)28-20(21,22)23)12-13-2-4-14(5-3-13)18(26)24-16-8-9-16/h2-7,10-11,16H,8-9,12H2,1H3,(H,24,26). The molecule has 2 aromatic carbocycles. The third-order valence-corrected chi connectivity index (χ3v) is 4.23. The van der Waals surface area contributed by atoms with Crippen LogP contribution in [0.15, 0.2) is 48.5 Å². The maximum Gasteiger partial charge on any atom is 0.573 e. The molecule has 3 rings (SSSR count). The minimum absolute atomic E-state index is 0.111. The maximum absolute atomic E-state index is 12.4. The fraction of sp³-hybridized carbons (Fsp3) is 0.300. The first-order chi connectivity index (χ1) is 13.2. The molecule has 0 atom stereocenters. The molecule has 148 valence electrons. The van der Waals surface area contributed by atoms with Gasteiger partial charge in [-0.05, 0) is 54.8 Å². The molecule has 2 amide bonds. The third kappa shape index (κ3) is 5.48. The molecule has 1 aliphatic rings. The normalized spacial score (nSPS) is 13.7. The first-order valence-electron chi connectivity index (χ1n) is 8.72. The molecular weight excluding hydrogens is 373 g/mol. The van der Waals surface area contributed by atoms with Crippen molar-refractivity contribution < 1.29 is 27.5 Å². The Hall–Kier alpha value is -3.03. The lowest BCUT2D eigenvalue weighted by Gasteiger charge is -2.18. The van der Waals surface area contributed by atoms with Crippen LogP contribution >= 0.6 is 0 Å². The number of nitrogens with one attached hydrogen (secondary N) is 1. The molecule has 28 heavy (non-hydrogen) atoms. The van der Waals surface area contributed by atoms with E-state index in [0.717, 1.165) is 30.5 Å². The summed E-state index contributed by atoms with van der Waals surface area (Å²) >= 11 is 0. The number of nitrogens with zero attached hydrogens (tertiary/aromatic N) is 1. The summed E-state index contributed by atoms with van der Waals surface area (Å²) in [5.74, 6) is -0.833. The molecule has 1 N–H and O–H groups in total. The summed E-state index contributed by atoms with van der Waals surface area (Å²) in [6, 6.07) is 12.0. The highest BCUT2D eigenvalue weighted by Crippen LogP contribution is 2.23. The predicted molar refractivity (Wildman–Crippen MR) is 95.9 cm³/mol. The van der Waals surface area contributed by atoms with Crippen LogP contribution in [-0.2, 0) is 6.54 Å². The Morgan fingerprint density at radius 3 is 2.14 bits per heavy atom. The number of carbonyl (C=O) groups excluding carboxylic acids is 2. The smallest absolute Gasteiger partial charge is 0.406 e. The van der Waals surface area contributed by atoms with E-state index in [-0.39, 0.29) is 29.2 Å². The van der Waals surface area contributed by atoms with Gasteiger partial charge < -0.3 is 15.0 Å². The predicted octanol–water partition coefficient (Wildman–Crippen LogP) is 3.75. The lowest BCUT2D eigenvalue weighted by Crippen LogP contribution is -2.27. The second-order valence-corrected chi connectivity index (χ2v) is 6.68. The zero-order chi connectivity index (χ0) is 20.3. The summed E-state index contributed by atoms with van der Waals surface area (Å²) in [7, 11) is 1.59. The van der Waals surface area contributed by atoms with Crippen LogP contribution in [0.5, 0.6) is 5.75 Å². The summed E-state index contributed by atoms with van der Waals surface area (Å²) in [5, 5.41) is 2.90. The number of hydrogen-bond acceptors (Lipinski definition) is 3. The quantitative estimate of drug-likeness (QED) is 0.815. The Balaban J connectivity index is 1.58. The van der Waals surface area contributed by atoms with E-state index >= 15 is 0 Å². The van der Waals surface area contributed by atoms with Gasteiger partial charge >= 0.3 is 6.36 Å². The zero-order valence-electron chi connectivity index (χ0n) is 15.1. The average molecular weight is 392 g/mol. The molecule has 0 saturated heterocycles. The SMILES string of the molecule is CN(Cc1ccc(C(=O)NC2CC2)cc1)C(=O)c1ccc(OC(F)(F)F)cc1. The molecular formula is C20H19F3N2O3. The molecule has 0 heterocycles. The van der Waals surface area contributed by atoms with Crippen molar-refractivity contribution in [1.29, 1.82) is 0 Å². The zero-order valence-corrected chi connectivity index (χ0v) is 15.1. The van der Waals surface area contributed by atoms with Crippen molar-refractivity contribution in [1.82, 2.24) is 10.2 Å². The van der Waals surface area contributed by atoms with Crippen molar-refractivity contribution in [3.63, 3.8) is 0 Å². The van der Waals surface area contributed by atoms with E-state index in [2.05, 4.69) is 10.1 Å². The van der Waals surface area contributed by atoms with E-state index in [1.807, 2.05) is 0 Å². The largest absolute Gasteiger partial charge is 0.573 e. The molecule has 0 unspecified atom stereocenters. The van der Waals surface area contributed by atoms with Crippen LogP contribution in [0.25, 0.3) is 0 Å². The molecule has 0 radical (unpaired) electrons. The Morgan fingerprint density at radius 1 is 1.04 bits per heavy atom. The second kappa shape index (κ2) is 7.92. The third-order valence-electron chi connectivity index (χ3n) is 4.23. The molecule has 0 aromatic heterocycles. The summed E-state index contributed by atoms with van der Waals surface area (Å²) < 4.78 is 40.4. The molecule has 2 aromatic rings. The molecule has 5 nitrogen and oxygen atoms in total. The van der Waals surface area contributed by atoms with Crippen molar-refractivity contribution in [3.8, 4) is 5.75 Å². The van der Waals surface area contributed by atoms with Gasteiger partial charge in [-0.25, -0.2) is 0 Å². The fourth-order valence-electron chi connectivity index (χ4n) is 2.62. The van der Waals surface area contributed by atoms with Crippen molar-refractivity contribution >= 4 is 11.8 Å².